The highest BCUT2D eigenvalue weighted by Crippen LogP contribution is 2.27. The number of benzene rings is 2. The maximum atomic E-state index is 11.5. The molecule has 2 N–H and O–H groups in total. The maximum absolute atomic E-state index is 11.5. The lowest BCUT2D eigenvalue weighted by Gasteiger charge is -2.37. The van der Waals surface area contributed by atoms with E-state index in [9.17, 15) is 13.5 Å². The van der Waals surface area contributed by atoms with E-state index in [4.69, 9.17) is 0 Å². The molecule has 30 heavy (non-hydrogen) atoms. The molecule has 9 heteroatoms. The van der Waals surface area contributed by atoms with Crippen molar-refractivity contribution in [2.75, 3.05) is 50.9 Å². The van der Waals surface area contributed by atoms with Crippen molar-refractivity contribution in [1.82, 2.24) is 10.2 Å². The molecule has 0 aromatic heterocycles. The number of para-hydroxylation sites is 2. The molecule has 2 aromatic rings. The number of hydrogen-bond acceptors (Lipinski definition) is 5. The molecule has 0 atom stereocenters. The quantitative estimate of drug-likeness (QED) is 0.342. The fourth-order valence-corrected chi connectivity index (χ4v) is 4.08. The summed E-state index contributed by atoms with van der Waals surface area (Å²) in [5.74, 6) is 1.17. The number of nitrogens with one attached hydrogen (secondary N) is 1. The van der Waals surface area contributed by atoms with Gasteiger partial charge in [-0.15, -0.1) is 24.0 Å². The van der Waals surface area contributed by atoms with Gasteiger partial charge in [-0.3, -0.25) is 4.99 Å². The largest absolute Gasteiger partial charge is 0.506 e. The van der Waals surface area contributed by atoms with Gasteiger partial charge in [-0.2, -0.15) is 0 Å². The van der Waals surface area contributed by atoms with E-state index in [0.29, 0.717) is 17.2 Å². The second-order valence-corrected chi connectivity index (χ2v) is 9.12. The highest BCUT2D eigenvalue weighted by molar-refractivity contribution is 14.0. The van der Waals surface area contributed by atoms with Gasteiger partial charge < -0.3 is 20.2 Å². The predicted molar refractivity (Wildman–Crippen MR) is 132 cm³/mol. The molecule has 1 saturated heterocycles. The number of anilines is 1. The first-order valence-corrected chi connectivity index (χ1v) is 11.5. The lowest BCUT2D eigenvalue weighted by atomic mass is 10.1. The molecular weight excluding hydrogens is 515 g/mol. The van der Waals surface area contributed by atoms with Gasteiger partial charge in [0.1, 0.15) is 5.75 Å². The average Bonchev–Trinajstić information content (AvgIpc) is 2.72. The summed E-state index contributed by atoms with van der Waals surface area (Å²) in [6.07, 6.45) is 1.99. The first-order chi connectivity index (χ1) is 13.9. The zero-order chi connectivity index (χ0) is 20.9. The second-order valence-electron chi connectivity index (χ2n) is 7.10. The Morgan fingerprint density at radius 1 is 1.07 bits per heavy atom. The zero-order valence-corrected chi connectivity index (χ0v) is 20.4. The molecule has 1 heterocycles. The Balaban J connectivity index is 0.00000320. The van der Waals surface area contributed by atoms with E-state index in [-0.39, 0.29) is 24.0 Å². The Morgan fingerprint density at radius 2 is 1.70 bits per heavy atom. The van der Waals surface area contributed by atoms with Crippen LogP contribution < -0.4 is 10.2 Å². The van der Waals surface area contributed by atoms with Crippen LogP contribution in [0.25, 0.3) is 0 Å². The van der Waals surface area contributed by atoms with Crippen LogP contribution in [-0.4, -0.2) is 70.4 Å². The summed E-state index contributed by atoms with van der Waals surface area (Å²) in [6.45, 7) is 3.97. The first kappa shape index (κ1) is 24.3. The number of sulfone groups is 1. The van der Waals surface area contributed by atoms with Gasteiger partial charge in [0, 0.05) is 46.0 Å². The number of phenols is 1. The number of guanidine groups is 1. The fraction of sp³-hybridized carbons (Fsp3) is 0.381. The molecule has 0 amide bonds. The van der Waals surface area contributed by atoms with Crippen molar-refractivity contribution in [1.29, 1.82) is 0 Å². The molecule has 1 aliphatic heterocycles. The van der Waals surface area contributed by atoms with E-state index in [0.717, 1.165) is 49.8 Å². The van der Waals surface area contributed by atoms with Crippen molar-refractivity contribution >= 4 is 45.5 Å². The van der Waals surface area contributed by atoms with Crippen LogP contribution in [0.2, 0.25) is 0 Å². The van der Waals surface area contributed by atoms with Crippen molar-refractivity contribution in [3.63, 3.8) is 0 Å². The minimum atomic E-state index is -3.16. The standard InChI is InChI=1S/C21H28N4O3S.HI/c1-22-21(23-12-11-17-7-9-18(10-8-17)29(2,27)28)25-15-13-24(14-16-25)19-5-3-4-6-20(19)26;/h3-10,26H,11-16H2,1-2H3,(H,22,23);1H. The molecule has 2 aromatic carbocycles. The second kappa shape index (κ2) is 10.9. The van der Waals surface area contributed by atoms with Crippen molar-refractivity contribution in [3.05, 3.63) is 54.1 Å². The molecule has 164 valence electrons. The van der Waals surface area contributed by atoms with Crippen LogP contribution in [0.15, 0.2) is 58.4 Å². The van der Waals surface area contributed by atoms with E-state index in [2.05, 4.69) is 20.1 Å². The van der Waals surface area contributed by atoms with Gasteiger partial charge in [-0.05, 0) is 36.2 Å². The molecule has 0 saturated carbocycles. The van der Waals surface area contributed by atoms with Gasteiger partial charge in [-0.25, -0.2) is 8.42 Å². The summed E-state index contributed by atoms with van der Waals surface area (Å²) >= 11 is 0. The van der Waals surface area contributed by atoms with E-state index in [1.54, 1.807) is 25.2 Å². The van der Waals surface area contributed by atoms with Crippen LogP contribution in [0.4, 0.5) is 5.69 Å². The maximum Gasteiger partial charge on any atom is 0.193 e. The summed E-state index contributed by atoms with van der Waals surface area (Å²) in [4.78, 5) is 9.12. The molecule has 0 bridgehead atoms. The number of rotatable bonds is 5. The summed E-state index contributed by atoms with van der Waals surface area (Å²) in [7, 11) is -1.38. The average molecular weight is 544 g/mol. The van der Waals surface area contributed by atoms with E-state index >= 15 is 0 Å². The Kier molecular flexibility index (Phi) is 8.78. The number of hydrogen-bond donors (Lipinski definition) is 2. The molecule has 0 aliphatic carbocycles. The fourth-order valence-electron chi connectivity index (χ4n) is 3.44. The summed E-state index contributed by atoms with van der Waals surface area (Å²) in [6, 6.07) is 14.4. The van der Waals surface area contributed by atoms with Crippen molar-refractivity contribution < 1.29 is 13.5 Å². The summed E-state index contributed by atoms with van der Waals surface area (Å²) < 4.78 is 23.1. The third-order valence-corrected chi connectivity index (χ3v) is 6.19. The van der Waals surface area contributed by atoms with Crippen LogP contribution in [0.1, 0.15) is 5.56 Å². The molecule has 0 radical (unpaired) electrons. The van der Waals surface area contributed by atoms with Crippen LogP contribution in [0.5, 0.6) is 5.75 Å². The summed E-state index contributed by atoms with van der Waals surface area (Å²) in [5.41, 5.74) is 1.94. The van der Waals surface area contributed by atoms with E-state index in [1.807, 2.05) is 30.3 Å². The third kappa shape index (κ3) is 6.24. The molecular formula is C21H29IN4O3S. The Bertz CT molecular complexity index is 956. The molecule has 3 rings (SSSR count). The predicted octanol–water partition coefficient (Wildman–Crippen LogP) is 2.35. The van der Waals surface area contributed by atoms with Gasteiger partial charge in [0.2, 0.25) is 0 Å². The van der Waals surface area contributed by atoms with Gasteiger partial charge in [-0.1, -0.05) is 24.3 Å². The molecule has 1 fully saturated rings. The highest BCUT2D eigenvalue weighted by atomic mass is 127. The van der Waals surface area contributed by atoms with Gasteiger partial charge in [0.15, 0.2) is 15.8 Å². The summed E-state index contributed by atoms with van der Waals surface area (Å²) in [5, 5.41) is 13.4. The van der Waals surface area contributed by atoms with Crippen molar-refractivity contribution in [2.45, 2.75) is 11.3 Å². The minimum absolute atomic E-state index is 0. The van der Waals surface area contributed by atoms with E-state index in [1.165, 1.54) is 6.26 Å². The number of nitrogens with zero attached hydrogens (tertiary/aromatic N) is 3. The molecule has 1 aliphatic rings. The van der Waals surface area contributed by atoms with Crippen LogP contribution in [0.3, 0.4) is 0 Å². The molecule has 0 spiro atoms. The number of phenolic OH excluding ortho intramolecular Hbond substituents is 1. The number of halogens is 1. The Hall–Kier alpha value is -2.01. The van der Waals surface area contributed by atoms with Crippen LogP contribution in [0, 0.1) is 0 Å². The van der Waals surface area contributed by atoms with Crippen molar-refractivity contribution in [2.24, 2.45) is 4.99 Å². The smallest absolute Gasteiger partial charge is 0.193 e. The monoisotopic (exact) mass is 544 g/mol. The third-order valence-electron chi connectivity index (χ3n) is 5.06. The number of piperazine rings is 1. The minimum Gasteiger partial charge on any atom is -0.506 e. The normalized spacial score (nSPS) is 14.9. The van der Waals surface area contributed by atoms with Crippen molar-refractivity contribution in [3.8, 4) is 5.75 Å². The zero-order valence-electron chi connectivity index (χ0n) is 17.3. The van der Waals surface area contributed by atoms with Crippen LogP contribution in [-0.2, 0) is 16.3 Å². The van der Waals surface area contributed by atoms with Gasteiger partial charge in [0.25, 0.3) is 0 Å². The number of aliphatic imine (C=N–C) groups is 1. The lowest BCUT2D eigenvalue weighted by molar-refractivity contribution is 0.370. The van der Waals surface area contributed by atoms with Crippen LogP contribution >= 0.6 is 24.0 Å². The Morgan fingerprint density at radius 3 is 2.27 bits per heavy atom. The molecule has 7 nitrogen and oxygen atoms in total. The lowest BCUT2D eigenvalue weighted by Crippen LogP contribution is -2.52. The highest BCUT2D eigenvalue weighted by Gasteiger charge is 2.21. The first-order valence-electron chi connectivity index (χ1n) is 9.66. The molecule has 0 unspecified atom stereocenters. The van der Waals surface area contributed by atoms with Gasteiger partial charge >= 0.3 is 0 Å². The number of aromatic hydroxyl groups is 1. The SMILES string of the molecule is CN=C(NCCc1ccc(S(C)(=O)=O)cc1)N1CCN(c2ccccc2O)CC1.I. The topological polar surface area (TPSA) is 85.2 Å². The Labute approximate surface area is 195 Å². The van der Waals surface area contributed by atoms with E-state index < -0.39 is 9.84 Å². The van der Waals surface area contributed by atoms with Gasteiger partial charge in [0.05, 0.1) is 10.6 Å².